The molecular formula is C17H32N4O7S. The van der Waals surface area contributed by atoms with E-state index in [0.29, 0.717) is 5.75 Å². The molecule has 168 valence electrons. The van der Waals surface area contributed by atoms with Crippen LogP contribution in [0.4, 0.5) is 0 Å². The van der Waals surface area contributed by atoms with Crippen molar-refractivity contribution in [2.45, 2.75) is 57.5 Å². The minimum absolute atomic E-state index is 0.208. The van der Waals surface area contributed by atoms with Crippen molar-refractivity contribution in [3.63, 3.8) is 0 Å². The number of hydrogen-bond donors (Lipinski definition) is 7. The second kappa shape index (κ2) is 13.4. The number of carbonyl (C=O) groups excluding carboxylic acids is 3. The summed E-state index contributed by atoms with van der Waals surface area (Å²) in [6, 6.07) is -4.81. The number of aliphatic carboxylic acids is 1. The number of carbonyl (C=O) groups is 4. The van der Waals surface area contributed by atoms with Gasteiger partial charge >= 0.3 is 5.97 Å². The number of nitrogens with two attached hydrogens (primary N) is 1. The summed E-state index contributed by atoms with van der Waals surface area (Å²) in [7, 11) is 0. The summed E-state index contributed by atoms with van der Waals surface area (Å²) in [5.74, 6) is -3.39. The molecule has 0 aliphatic carbocycles. The Bertz CT molecular complexity index is 574. The summed E-state index contributed by atoms with van der Waals surface area (Å²) in [5.41, 5.74) is 5.45. The third kappa shape index (κ3) is 9.43. The van der Waals surface area contributed by atoms with E-state index in [2.05, 4.69) is 16.0 Å². The molecule has 0 aliphatic heterocycles. The van der Waals surface area contributed by atoms with Gasteiger partial charge in [-0.05, 0) is 31.3 Å². The molecule has 3 amide bonds. The highest BCUT2D eigenvalue weighted by atomic mass is 32.2. The van der Waals surface area contributed by atoms with Crippen LogP contribution in [0.1, 0.15) is 27.2 Å². The molecular weight excluding hydrogens is 404 g/mol. The molecule has 12 heteroatoms. The molecule has 0 aromatic heterocycles. The van der Waals surface area contributed by atoms with Crippen molar-refractivity contribution in [1.29, 1.82) is 0 Å². The van der Waals surface area contributed by atoms with Gasteiger partial charge < -0.3 is 37.0 Å². The number of aliphatic hydroxyl groups is 2. The molecule has 0 aromatic carbocycles. The second-order valence-electron chi connectivity index (χ2n) is 6.93. The summed E-state index contributed by atoms with van der Waals surface area (Å²) < 4.78 is 0. The Kier molecular flexibility index (Phi) is 12.5. The van der Waals surface area contributed by atoms with Gasteiger partial charge in [0.25, 0.3) is 0 Å². The number of thioether (sulfide) groups is 1. The van der Waals surface area contributed by atoms with Gasteiger partial charge in [-0.1, -0.05) is 13.8 Å². The number of rotatable bonds is 13. The van der Waals surface area contributed by atoms with Crippen LogP contribution in [0.3, 0.4) is 0 Å². The zero-order chi connectivity index (χ0) is 22.7. The second-order valence-corrected chi connectivity index (χ2v) is 7.91. The number of aliphatic hydroxyl groups excluding tert-OH is 2. The molecule has 0 radical (unpaired) electrons. The number of amides is 3. The first kappa shape index (κ1) is 27.1. The van der Waals surface area contributed by atoms with E-state index in [-0.39, 0.29) is 12.3 Å². The average Bonchev–Trinajstić information content (AvgIpc) is 2.64. The van der Waals surface area contributed by atoms with E-state index >= 15 is 0 Å². The van der Waals surface area contributed by atoms with Crippen LogP contribution < -0.4 is 21.7 Å². The molecule has 29 heavy (non-hydrogen) atoms. The Balaban J connectivity index is 5.34. The molecule has 0 saturated carbocycles. The maximum atomic E-state index is 12.7. The van der Waals surface area contributed by atoms with Gasteiger partial charge in [-0.25, -0.2) is 4.79 Å². The average molecular weight is 437 g/mol. The molecule has 8 N–H and O–H groups in total. The zero-order valence-corrected chi connectivity index (χ0v) is 17.9. The minimum atomic E-state index is -1.53. The normalized spacial score (nSPS) is 16.3. The fourth-order valence-electron chi connectivity index (χ4n) is 2.29. The summed E-state index contributed by atoms with van der Waals surface area (Å²) in [4.78, 5) is 48.3. The highest BCUT2D eigenvalue weighted by Crippen LogP contribution is 2.07. The highest BCUT2D eigenvalue weighted by molar-refractivity contribution is 7.98. The Labute approximate surface area is 174 Å². The summed E-state index contributed by atoms with van der Waals surface area (Å²) in [6.45, 7) is 4.00. The van der Waals surface area contributed by atoms with Gasteiger partial charge in [-0.2, -0.15) is 11.8 Å². The quantitative estimate of drug-likeness (QED) is 0.165. The Morgan fingerprint density at radius 2 is 1.52 bits per heavy atom. The molecule has 5 atom stereocenters. The van der Waals surface area contributed by atoms with E-state index in [0.717, 1.165) is 0 Å². The van der Waals surface area contributed by atoms with Crippen molar-refractivity contribution < 1.29 is 34.5 Å². The maximum absolute atomic E-state index is 12.7. The summed E-state index contributed by atoms with van der Waals surface area (Å²) >= 11 is 1.43. The first-order valence-corrected chi connectivity index (χ1v) is 10.5. The molecule has 0 spiro atoms. The summed E-state index contributed by atoms with van der Waals surface area (Å²) in [5, 5.41) is 34.8. The fourth-order valence-corrected chi connectivity index (χ4v) is 2.76. The number of carboxylic acid groups (broad SMARTS) is 1. The van der Waals surface area contributed by atoms with Crippen LogP contribution in [0.2, 0.25) is 0 Å². The van der Waals surface area contributed by atoms with E-state index in [4.69, 9.17) is 15.9 Å². The maximum Gasteiger partial charge on any atom is 0.328 e. The molecule has 0 saturated heterocycles. The standard InChI is InChI=1S/C17H32N4O7S/c1-8(2)12(20-14(24)10(18)7-22)16(26)19-11(5-6-29-4)15(25)21-13(9(3)23)17(27)28/h8-13,22-23H,5-7,18H2,1-4H3,(H,19,26)(H,20,24)(H,21,25)(H,27,28). The van der Waals surface area contributed by atoms with E-state index in [1.807, 2.05) is 0 Å². The van der Waals surface area contributed by atoms with Crippen LogP contribution in [0, 0.1) is 5.92 Å². The molecule has 0 aliphatic rings. The van der Waals surface area contributed by atoms with Crippen molar-refractivity contribution >= 4 is 35.5 Å². The molecule has 0 aromatic rings. The van der Waals surface area contributed by atoms with Crippen LogP contribution in [0.25, 0.3) is 0 Å². The third-order valence-electron chi connectivity index (χ3n) is 4.07. The van der Waals surface area contributed by atoms with Gasteiger partial charge in [0, 0.05) is 0 Å². The van der Waals surface area contributed by atoms with E-state index < -0.39 is 60.6 Å². The predicted molar refractivity (Wildman–Crippen MR) is 108 cm³/mol. The topological polar surface area (TPSA) is 191 Å². The first-order valence-electron chi connectivity index (χ1n) is 9.13. The first-order chi connectivity index (χ1) is 13.5. The predicted octanol–water partition coefficient (Wildman–Crippen LogP) is -2.37. The van der Waals surface area contributed by atoms with Crippen LogP contribution in [-0.4, -0.2) is 87.9 Å². The minimum Gasteiger partial charge on any atom is -0.480 e. The van der Waals surface area contributed by atoms with E-state index in [9.17, 15) is 24.3 Å². The van der Waals surface area contributed by atoms with Gasteiger partial charge in [-0.3, -0.25) is 14.4 Å². The van der Waals surface area contributed by atoms with Crippen molar-refractivity contribution in [2.24, 2.45) is 11.7 Å². The number of nitrogens with one attached hydrogen (secondary N) is 3. The summed E-state index contributed by atoms with van der Waals surface area (Å²) in [6.07, 6.45) is 0.677. The molecule has 0 heterocycles. The Hall–Kier alpha value is -1.89. The molecule has 11 nitrogen and oxygen atoms in total. The van der Waals surface area contributed by atoms with Crippen LogP contribution in [0.5, 0.6) is 0 Å². The van der Waals surface area contributed by atoms with Crippen molar-refractivity contribution in [3.05, 3.63) is 0 Å². The van der Waals surface area contributed by atoms with Crippen molar-refractivity contribution in [2.75, 3.05) is 18.6 Å². The Morgan fingerprint density at radius 3 is 1.93 bits per heavy atom. The Morgan fingerprint density at radius 1 is 0.966 bits per heavy atom. The smallest absolute Gasteiger partial charge is 0.328 e. The van der Waals surface area contributed by atoms with Gasteiger partial charge in [0.05, 0.1) is 12.7 Å². The molecule has 0 fully saturated rings. The third-order valence-corrected chi connectivity index (χ3v) is 4.71. The lowest BCUT2D eigenvalue weighted by atomic mass is 10.0. The molecule has 0 bridgehead atoms. The number of hydrogen-bond acceptors (Lipinski definition) is 8. The van der Waals surface area contributed by atoms with Crippen LogP contribution in [0.15, 0.2) is 0 Å². The van der Waals surface area contributed by atoms with Crippen LogP contribution in [-0.2, 0) is 19.2 Å². The lowest BCUT2D eigenvalue weighted by Gasteiger charge is -2.27. The molecule has 0 rings (SSSR count). The number of carboxylic acids is 1. The highest BCUT2D eigenvalue weighted by Gasteiger charge is 2.32. The zero-order valence-electron chi connectivity index (χ0n) is 17.0. The SMILES string of the molecule is CSCCC(NC(=O)C(NC(=O)C(N)CO)C(C)C)C(=O)NC(C(=O)O)C(C)O. The largest absolute Gasteiger partial charge is 0.480 e. The van der Waals surface area contributed by atoms with E-state index in [1.165, 1.54) is 18.7 Å². The van der Waals surface area contributed by atoms with Gasteiger partial charge in [-0.15, -0.1) is 0 Å². The van der Waals surface area contributed by atoms with Gasteiger partial charge in [0.1, 0.15) is 18.1 Å². The van der Waals surface area contributed by atoms with Gasteiger partial charge in [0.15, 0.2) is 6.04 Å². The fraction of sp³-hybridized carbons (Fsp3) is 0.765. The molecule has 5 unspecified atom stereocenters. The van der Waals surface area contributed by atoms with E-state index in [1.54, 1.807) is 20.1 Å². The lowest BCUT2D eigenvalue weighted by molar-refractivity contribution is -0.145. The monoisotopic (exact) mass is 436 g/mol. The lowest BCUT2D eigenvalue weighted by Crippen LogP contribution is -2.59. The van der Waals surface area contributed by atoms with Gasteiger partial charge in [0.2, 0.25) is 17.7 Å². The van der Waals surface area contributed by atoms with Crippen molar-refractivity contribution in [3.8, 4) is 0 Å². The van der Waals surface area contributed by atoms with Crippen LogP contribution >= 0.6 is 11.8 Å². The van der Waals surface area contributed by atoms with Crippen molar-refractivity contribution in [1.82, 2.24) is 16.0 Å².